The molecule has 23 heavy (non-hydrogen) atoms. The molecule has 0 radical (unpaired) electrons. The molecule has 2 rings (SSSR count). The van der Waals surface area contributed by atoms with Crippen LogP contribution >= 0.6 is 12.2 Å². The van der Waals surface area contributed by atoms with Crippen molar-refractivity contribution in [1.82, 2.24) is 5.32 Å². The van der Waals surface area contributed by atoms with E-state index in [1.54, 1.807) is 0 Å². The lowest BCUT2D eigenvalue weighted by Gasteiger charge is -2.13. The third-order valence-electron chi connectivity index (χ3n) is 3.71. The third-order valence-corrected chi connectivity index (χ3v) is 3.92. The summed E-state index contributed by atoms with van der Waals surface area (Å²) < 4.78 is 0. The quantitative estimate of drug-likeness (QED) is 0.698. The van der Waals surface area contributed by atoms with E-state index in [1.165, 1.54) is 0 Å². The van der Waals surface area contributed by atoms with Crippen LogP contribution < -0.4 is 16.0 Å². The molecule has 1 aromatic carbocycles. The molecule has 5 nitrogen and oxygen atoms in total. The Labute approximate surface area is 142 Å². The Morgan fingerprint density at radius 1 is 1.26 bits per heavy atom. The first kappa shape index (κ1) is 17.4. The van der Waals surface area contributed by atoms with Crippen molar-refractivity contribution in [3.05, 3.63) is 23.8 Å². The summed E-state index contributed by atoms with van der Waals surface area (Å²) in [7, 11) is 0. The largest absolute Gasteiger partial charge is 0.332 e. The van der Waals surface area contributed by atoms with Gasteiger partial charge in [-0.1, -0.05) is 19.4 Å². The lowest BCUT2D eigenvalue weighted by Crippen LogP contribution is -2.33. The van der Waals surface area contributed by atoms with Crippen LogP contribution in [0.15, 0.2) is 18.2 Å². The average molecular weight is 333 g/mol. The highest BCUT2D eigenvalue weighted by atomic mass is 32.1. The monoisotopic (exact) mass is 333 g/mol. The third kappa shape index (κ3) is 5.63. The summed E-state index contributed by atoms with van der Waals surface area (Å²) in [5.41, 5.74) is 2.50. The Kier molecular flexibility index (Phi) is 6.10. The van der Waals surface area contributed by atoms with Crippen molar-refractivity contribution in [1.29, 1.82) is 0 Å². The smallest absolute Gasteiger partial charge is 0.227 e. The summed E-state index contributed by atoms with van der Waals surface area (Å²) in [6.45, 7) is 3.98. The number of unbranched alkanes of at least 4 members (excludes halogenated alkanes) is 1. The number of amides is 2. The molecule has 1 saturated carbocycles. The van der Waals surface area contributed by atoms with Gasteiger partial charge in [-0.2, -0.15) is 0 Å². The van der Waals surface area contributed by atoms with Gasteiger partial charge in [0, 0.05) is 23.7 Å². The fourth-order valence-corrected chi connectivity index (χ4v) is 2.34. The van der Waals surface area contributed by atoms with Crippen LogP contribution in [0.1, 0.15) is 44.6 Å². The molecule has 2 amide bonds. The number of hydrogen-bond donors (Lipinski definition) is 3. The van der Waals surface area contributed by atoms with Gasteiger partial charge in [-0.05, 0) is 56.1 Å². The van der Waals surface area contributed by atoms with Crippen molar-refractivity contribution in [2.24, 2.45) is 5.92 Å². The summed E-state index contributed by atoms with van der Waals surface area (Å²) in [5, 5.41) is 8.86. The number of carbonyl (C=O) groups is 2. The van der Waals surface area contributed by atoms with E-state index in [4.69, 9.17) is 12.2 Å². The van der Waals surface area contributed by atoms with Crippen LogP contribution in [-0.4, -0.2) is 16.9 Å². The Morgan fingerprint density at radius 2 is 2.00 bits per heavy atom. The molecule has 1 aliphatic carbocycles. The zero-order valence-electron chi connectivity index (χ0n) is 13.6. The minimum atomic E-state index is -0.0845. The average Bonchev–Trinajstić information content (AvgIpc) is 3.33. The molecule has 0 heterocycles. The van der Waals surface area contributed by atoms with E-state index >= 15 is 0 Å². The first-order valence-electron chi connectivity index (χ1n) is 8.02. The van der Waals surface area contributed by atoms with E-state index < -0.39 is 0 Å². The van der Waals surface area contributed by atoms with E-state index in [0.717, 1.165) is 42.6 Å². The van der Waals surface area contributed by atoms with Gasteiger partial charge in [0.05, 0.1) is 0 Å². The second-order valence-corrected chi connectivity index (χ2v) is 6.31. The summed E-state index contributed by atoms with van der Waals surface area (Å²) in [5.74, 6) is 0.143. The molecule has 0 unspecified atom stereocenters. The molecule has 1 aromatic rings. The maximum absolute atomic E-state index is 11.9. The fourth-order valence-electron chi connectivity index (χ4n) is 2.10. The lowest BCUT2D eigenvalue weighted by atomic mass is 10.1. The van der Waals surface area contributed by atoms with Crippen molar-refractivity contribution >= 4 is 40.5 Å². The fraction of sp³-hybridized carbons (Fsp3) is 0.471. The number of benzene rings is 1. The molecule has 0 aromatic heterocycles. The van der Waals surface area contributed by atoms with Crippen molar-refractivity contribution in [3.63, 3.8) is 0 Å². The van der Waals surface area contributed by atoms with Crippen molar-refractivity contribution in [2.75, 3.05) is 10.6 Å². The molecule has 124 valence electrons. The zero-order valence-corrected chi connectivity index (χ0v) is 14.4. The number of hydrogen-bond acceptors (Lipinski definition) is 3. The van der Waals surface area contributed by atoms with E-state index in [1.807, 2.05) is 32.0 Å². The normalized spacial score (nSPS) is 13.3. The standard InChI is InChI=1S/C17H23N3O2S/c1-3-4-5-15(21)20-17(23)18-13-9-6-11(2)14(10-13)19-16(22)12-7-8-12/h6,9-10,12H,3-5,7-8H2,1-2H3,(H,19,22)(H2,18,20,21,23). The summed E-state index contributed by atoms with van der Waals surface area (Å²) >= 11 is 5.15. The zero-order chi connectivity index (χ0) is 16.8. The lowest BCUT2D eigenvalue weighted by molar-refractivity contribution is -0.120. The molecule has 3 N–H and O–H groups in total. The Bertz CT molecular complexity index is 612. The van der Waals surface area contributed by atoms with Gasteiger partial charge in [0.25, 0.3) is 0 Å². The molecule has 6 heteroatoms. The molecule has 0 saturated heterocycles. The highest BCUT2D eigenvalue weighted by Gasteiger charge is 2.29. The van der Waals surface area contributed by atoms with Crippen LogP contribution in [0.3, 0.4) is 0 Å². The van der Waals surface area contributed by atoms with Gasteiger partial charge in [0.2, 0.25) is 11.8 Å². The number of carbonyl (C=O) groups excluding carboxylic acids is 2. The number of thiocarbonyl (C=S) groups is 1. The SMILES string of the molecule is CCCCC(=O)NC(=S)Nc1ccc(C)c(NC(=O)C2CC2)c1. The maximum Gasteiger partial charge on any atom is 0.227 e. The highest BCUT2D eigenvalue weighted by molar-refractivity contribution is 7.80. The van der Waals surface area contributed by atoms with Crippen molar-refractivity contribution in [3.8, 4) is 0 Å². The number of rotatable bonds is 6. The molecule has 1 fully saturated rings. The second kappa shape index (κ2) is 8.06. The van der Waals surface area contributed by atoms with E-state index in [9.17, 15) is 9.59 Å². The molecule has 0 spiro atoms. The number of nitrogens with one attached hydrogen (secondary N) is 3. The van der Waals surface area contributed by atoms with Gasteiger partial charge in [-0.25, -0.2) is 0 Å². The van der Waals surface area contributed by atoms with E-state index in [2.05, 4.69) is 16.0 Å². The Morgan fingerprint density at radius 3 is 2.65 bits per heavy atom. The highest BCUT2D eigenvalue weighted by Crippen LogP contribution is 2.31. The molecule has 0 aliphatic heterocycles. The Balaban J connectivity index is 1.92. The van der Waals surface area contributed by atoms with Crippen LogP contribution in [0.4, 0.5) is 11.4 Å². The summed E-state index contributed by atoms with van der Waals surface area (Å²) in [6.07, 6.45) is 4.22. The van der Waals surface area contributed by atoms with E-state index in [0.29, 0.717) is 6.42 Å². The van der Waals surface area contributed by atoms with Gasteiger partial charge in [-0.3, -0.25) is 9.59 Å². The van der Waals surface area contributed by atoms with Crippen LogP contribution in [0.5, 0.6) is 0 Å². The van der Waals surface area contributed by atoms with Crippen LogP contribution in [0, 0.1) is 12.8 Å². The molecular weight excluding hydrogens is 310 g/mol. The minimum absolute atomic E-state index is 0.0701. The van der Waals surface area contributed by atoms with Gasteiger partial charge < -0.3 is 16.0 Å². The van der Waals surface area contributed by atoms with Crippen molar-refractivity contribution < 1.29 is 9.59 Å². The Hall–Kier alpha value is -1.95. The number of anilines is 2. The van der Waals surface area contributed by atoms with E-state index in [-0.39, 0.29) is 22.8 Å². The van der Waals surface area contributed by atoms with Crippen LogP contribution in [-0.2, 0) is 9.59 Å². The van der Waals surface area contributed by atoms with Gasteiger partial charge >= 0.3 is 0 Å². The van der Waals surface area contributed by atoms with Crippen LogP contribution in [0.25, 0.3) is 0 Å². The van der Waals surface area contributed by atoms with Gasteiger partial charge in [0.15, 0.2) is 5.11 Å². The molecule has 1 aliphatic rings. The minimum Gasteiger partial charge on any atom is -0.332 e. The second-order valence-electron chi connectivity index (χ2n) is 5.90. The number of aryl methyl sites for hydroxylation is 1. The predicted molar refractivity (Wildman–Crippen MR) is 96.4 cm³/mol. The van der Waals surface area contributed by atoms with Gasteiger partial charge in [-0.15, -0.1) is 0 Å². The maximum atomic E-state index is 11.9. The summed E-state index contributed by atoms with van der Waals surface area (Å²) in [4.78, 5) is 23.5. The van der Waals surface area contributed by atoms with Crippen LogP contribution in [0.2, 0.25) is 0 Å². The first-order valence-corrected chi connectivity index (χ1v) is 8.42. The molecule has 0 bridgehead atoms. The topological polar surface area (TPSA) is 70.2 Å². The predicted octanol–water partition coefficient (Wildman–Crippen LogP) is 3.35. The van der Waals surface area contributed by atoms with Gasteiger partial charge in [0.1, 0.15) is 0 Å². The summed E-state index contributed by atoms with van der Waals surface area (Å²) in [6, 6.07) is 5.61. The first-order chi connectivity index (χ1) is 11.0. The van der Waals surface area contributed by atoms with Crippen molar-refractivity contribution in [2.45, 2.75) is 46.0 Å². The molecular formula is C17H23N3O2S. The molecule has 0 atom stereocenters.